The second-order valence-electron chi connectivity index (χ2n) is 3.94. The van der Waals surface area contributed by atoms with E-state index in [1.165, 1.54) is 0 Å². The molecular weight excluding hydrogens is 244 g/mol. The number of allylic oxidation sites excluding steroid dienone is 1. The smallest absolute Gasteiger partial charge is 0.330 e. The summed E-state index contributed by atoms with van der Waals surface area (Å²) in [5.74, 6) is -1.09. The molecule has 0 spiro atoms. The predicted octanol–water partition coefficient (Wildman–Crippen LogP) is 2.08. The van der Waals surface area contributed by atoms with Crippen molar-refractivity contribution < 1.29 is 14.7 Å². The average Bonchev–Trinajstić information content (AvgIpc) is 2.41. The van der Waals surface area contributed by atoms with Gasteiger partial charge in [-0.3, -0.25) is 0 Å². The van der Waals surface area contributed by atoms with E-state index in [0.717, 1.165) is 0 Å². The van der Waals surface area contributed by atoms with E-state index in [2.05, 4.69) is 10.6 Å². The standard InChI is InChI=1S/C14H18N2O3/c1-2-3-7-10-15-14(19)16-12(13(17)18)11-8-5-4-6-9-11/h2-6,8-9,12H,7,10H2,1H3,(H,17,18)(H2,15,16,19)/b3-2+/t12-/m1/s1. The third kappa shape index (κ3) is 5.25. The molecule has 5 nitrogen and oxygen atoms in total. The third-order valence-corrected chi connectivity index (χ3v) is 2.49. The number of carboxylic acids is 1. The molecule has 1 atom stereocenters. The topological polar surface area (TPSA) is 78.4 Å². The Morgan fingerprint density at radius 1 is 1.32 bits per heavy atom. The van der Waals surface area contributed by atoms with Crippen molar-refractivity contribution in [2.75, 3.05) is 6.54 Å². The maximum absolute atomic E-state index is 11.6. The number of nitrogens with one attached hydrogen (secondary N) is 2. The van der Waals surface area contributed by atoms with Crippen LogP contribution in [0.3, 0.4) is 0 Å². The molecule has 1 rings (SSSR count). The number of carbonyl (C=O) groups is 2. The number of hydrogen-bond acceptors (Lipinski definition) is 2. The molecule has 0 aliphatic rings. The van der Waals surface area contributed by atoms with Gasteiger partial charge >= 0.3 is 12.0 Å². The van der Waals surface area contributed by atoms with Crippen molar-refractivity contribution >= 4 is 12.0 Å². The summed E-state index contributed by atoms with van der Waals surface area (Å²) in [5, 5.41) is 14.2. The van der Waals surface area contributed by atoms with Crippen LogP contribution >= 0.6 is 0 Å². The first kappa shape index (κ1) is 14.8. The Hall–Kier alpha value is -2.30. The molecule has 0 saturated carbocycles. The van der Waals surface area contributed by atoms with Gasteiger partial charge in [-0.05, 0) is 18.9 Å². The van der Waals surface area contributed by atoms with Crippen LogP contribution in [0.5, 0.6) is 0 Å². The number of aliphatic carboxylic acids is 1. The Labute approximate surface area is 112 Å². The maximum Gasteiger partial charge on any atom is 0.330 e. The highest BCUT2D eigenvalue weighted by atomic mass is 16.4. The molecule has 0 heterocycles. The minimum absolute atomic E-state index is 0.470. The summed E-state index contributed by atoms with van der Waals surface area (Å²) < 4.78 is 0. The third-order valence-electron chi connectivity index (χ3n) is 2.49. The second kappa shape index (κ2) is 7.92. The molecule has 1 aromatic rings. The van der Waals surface area contributed by atoms with Gasteiger partial charge < -0.3 is 15.7 Å². The van der Waals surface area contributed by atoms with Gasteiger partial charge in [-0.2, -0.15) is 0 Å². The quantitative estimate of drug-likeness (QED) is 0.542. The number of urea groups is 1. The largest absolute Gasteiger partial charge is 0.479 e. The van der Waals surface area contributed by atoms with E-state index >= 15 is 0 Å². The Morgan fingerprint density at radius 2 is 2.00 bits per heavy atom. The van der Waals surface area contributed by atoms with E-state index in [0.29, 0.717) is 18.5 Å². The molecule has 1 aromatic carbocycles. The van der Waals surface area contributed by atoms with Gasteiger partial charge in [-0.25, -0.2) is 9.59 Å². The number of rotatable bonds is 6. The lowest BCUT2D eigenvalue weighted by molar-refractivity contribution is -0.139. The summed E-state index contributed by atoms with van der Waals surface area (Å²) in [6.07, 6.45) is 4.53. The molecule has 0 aliphatic heterocycles. The predicted molar refractivity (Wildman–Crippen MR) is 72.8 cm³/mol. The molecule has 0 unspecified atom stereocenters. The van der Waals surface area contributed by atoms with Gasteiger partial charge in [0.2, 0.25) is 0 Å². The van der Waals surface area contributed by atoms with Crippen LogP contribution in [0.4, 0.5) is 4.79 Å². The van der Waals surface area contributed by atoms with Crippen LogP contribution in [0.1, 0.15) is 24.9 Å². The number of hydrogen-bond donors (Lipinski definition) is 3. The second-order valence-corrected chi connectivity index (χ2v) is 3.94. The summed E-state index contributed by atoms with van der Waals surface area (Å²) in [7, 11) is 0. The summed E-state index contributed by atoms with van der Waals surface area (Å²) >= 11 is 0. The minimum Gasteiger partial charge on any atom is -0.479 e. The average molecular weight is 262 g/mol. The van der Waals surface area contributed by atoms with Crippen LogP contribution in [-0.2, 0) is 4.79 Å². The fraction of sp³-hybridized carbons (Fsp3) is 0.286. The van der Waals surface area contributed by atoms with Gasteiger partial charge in [-0.1, -0.05) is 42.5 Å². The summed E-state index contributed by atoms with van der Waals surface area (Å²) in [4.78, 5) is 22.7. The van der Waals surface area contributed by atoms with Crippen LogP contribution in [0, 0.1) is 0 Å². The van der Waals surface area contributed by atoms with Gasteiger partial charge in [0.1, 0.15) is 0 Å². The zero-order valence-electron chi connectivity index (χ0n) is 10.8. The summed E-state index contributed by atoms with van der Waals surface area (Å²) in [6, 6.07) is 7.06. The van der Waals surface area contributed by atoms with Crippen molar-refractivity contribution in [1.29, 1.82) is 0 Å². The Kier molecular flexibility index (Phi) is 6.15. The SMILES string of the molecule is C/C=C/CCNC(=O)N[C@@H](C(=O)O)c1ccccc1. The molecule has 2 amide bonds. The maximum atomic E-state index is 11.6. The fourth-order valence-corrected chi connectivity index (χ4v) is 1.55. The highest BCUT2D eigenvalue weighted by Crippen LogP contribution is 2.12. The van der Waals surface area contributed by atoms with Gasteiger partial charge in [0.25, 0.3) is 0 Å². The first-order valence-corrected chi connectivity index (χ1v) is 6.08. The number of carbonyl (C=O) groups excluding carboxylic acids is 1. The molecule has 3 N–H and O–H groups in total. The van der Waals surface area contributed by atoms with E-state index in [9.17, 15) is 9.59 Å². The van der Waals surface area contributed by atoms with Crippen molar-refractivity contribution in [3.63, 3.8) is 0 Å². The highest BCUT2D eigenvalue weighted by molar-refractivity contribution is 5.83. The van der Waals surface area contributed by atoms with E-state index in [4.69, 9.17) is 5.11 Å². The molecule has 5 heteroatoms. The molecule has 0 aliphatic carbocycles. The zero-order chi connectivity index (χ0) is 14.1. The van der Waals surface area contributed by atoms with Gasteiger partial charge in [-0.15, -0.1) is 0 Å². The molecule has 0 aromatic heterocycles. The fourth-order valence-electron chi connectivity index (χ4n) is 1.55. The number of amides is 2. The monoisotopic (exact) mass is 262 g/mol. The molecular formula is C14H18N2O3. The molecule has 102 valence electrons. The molecule has 0 radical (unpaired) electrons. The van der Waals surface area contributed by atoms with E-state index in [1.54, 1.807) is 30.3 Å². The zero-order valence-corrected chi connectivity index (χ0v) is 10.8. The lowest BCUT2D eigenvalue weighted by Gasteiger charge is -2.15. The van der Waals surface area contributed by atoms with E-state index < -0.39 is 18.0 Å². The van der Waals surface area contributed by atoms with Crippen molar-refractivity contribution in [3.05, 3.63) is 48.0 Å². The number of benzene rings is 1. The van der Waals surface area contributed by atoms with Crippen molar-refractivity contribution in [2.24, 2.45) is 0 Å². The van der Waals surface area contributed by atoms with Crippen molar-refractivity contribution in [3.8, 4) is 0 Å². The van der Waals surface area contributed by atoms with E-state index in [1.807, 2.05) is 19.1 Å². The van der Waals surface area contributed by atoms with Crippen LogP contribution in [0.25, 0.3) is 0 Å². The van der Waals surface area contributed by atoms with Crippen LogP contribution in [-0.4, -0.2) is 23.7 Å². The molecule has 0 bridgehead atoms. The van der Waals surface area contributed by atoms with Gasteiger partial charge in [0.05, 0.1) is 0 Å². The normalized spacial score (nSPS) is 12.1. The van der Waals surface area contributed by atoms with E-state index in [-0.39, 0.29) is 0 Å². The van der Waals surface area contributed by atoms with Crippen LogP contribution < -0.4 is 10.6 Å². The van der Waals surface area contributed by atoms with Crippen molar-refractivity contribution in [2.45, 2.75) is 19.4 Å². The molecule has 0 saturated heterocycles. The van der Waals surface area contributed by atoms with Gasteiger partial charge in [0, 0.05) is 6.54 Å². The van der Waals surface area contributed by atoms with Crippen LogP contribution in [0.15, 0.2) is 42.5 Å². The van der Waals surface area contributed by atoms with Crippen LogP contribution in [0.2, 0.25) is 0 Å². The first-order valence-electron chi connectivity index (χ1n) is 6.08. The first-order chi connectivity index (χ1) is 9.15. The Bertz CT molecular complexity index is 443. The van der Waals surface area contributed by atoms with Crippen molar-refractivity contribution in [1.82, 2.24) is 10.6 Å². The Balaban J connectivity index is 2.55. The lowest BCUT2D eigenvalue weighted by Crippen LogP contribution is -2.41. The highest BCUT2D eigenvalue weighted by Gasteiger charge is 2.21. The molecule has 19 heavy (non-hydrogen) atoms. The van der Waals surface area contributed by atoms with Gasteiger partial charge in [0.15, 0.2) is 6.04 Å². The summed E-state index contributed by atoms with van der Waals surface area (Å²) in [6.45, 7) is 2.37. The Morgan fingerprint density at radius 3 is 2.58 bits per heavy atom. The lowest BCUT2D eigenvalue weighted by atomic mass is 10.1. The summed E-state index contributed by atoms with van der Waals surface area (Å²) in [5.41, 5.74) is 0.540. The minimum atomic E-state index is -1.09. The number of carboxylic acid groups (broad SMARTS) is 1. The molecule has 0 fully saturated rings.